The predicted molar refractivity (Wildman–Crippen MR) is 300 cm³/mol. The van der Waals surface area contributed by atoms with Crippen LogP contribution in [0.5, 0.6) is 0 Å². The van der Waals surface area contributed by atoms with Crippen LogP contribution in [0.3, 0.4) is 0 Å². The molecule has 0 spiro atoms. The summed E-state index contributed by atoms with van der Waals surface area (Å²) >= 11 is 0. The molecule has 8 aromatic rings. The lowest BCUT2D eigenvalue weighted by molar-refractivity contribution is 0.0464. The van der Waals surface area contributed by atoms with Crippen molar-refractivity contribution < 1.29 is 38.1 Å². The Balaban J connectivity index is 1.03. The molecule has 0 bridgehead atoms. The zero-order chi connectivity index (χ0) is 52.9. The van der Waals surface area contributed by atoms with E-state index in [9.17, 15) is 19.2 Å². The van der Waals surface area contributed by atoms with E-state index in [1.807, 2.05) is 183 Å². The fraction of sp³-hybridized carbons (Fsp3) is 0.149. The molecule has 0 heterocycles. The molecule has 0 aliphatic heterocycles. The lowest BCUT2D eigenvalue weighted by Crippen LogP contribution is -2.06. The fourth-order valence-electron chi connectivity index (χ4n) is 8.62. The van der Waals surface area contributed by atoms with Gasteiger partial charge in [-0.2, -0.15) is 0 Å². The van der Waals surface area contributed by atoms with Crippen molar-refractivity contribution in [3.05, 3.63) is 285 Å². The molecule has 0 aliphatic carbocycles. The maximum Gasteiger partial charge on any atom is 0.338 e. The smallest absolute Gasteiger partial charge is 0.338 e. The maximum atomic E-state index is 13.2. The average Bonchev–Trinajstić information content (AvgIpc) is 3.48. The number of esters is 4. The van der Waals surface area contributed by atoms with Gasteiger partial charge < -0.3 is 18.9 Å². The van der Waals surface area contributed by atoms with Crippen LogP contribution in [0, 0.1) is 0 Å². The van der Waals surface area contributed by atoms with Crippen molar-refractivity contribution in [1.82, 2.24) is 0 Å². The Morgan fingerprint density at radius 3 is 0.947 bits per heavy atom. The first kappa shape index (κ1) is 53.1. The summed E-state index contributed by atoms with van der Waals surface area (Å²) in [5.74, 6) is -1.64. The quantitative estimate of drug-likeness (QED) is 0.0285. The molecule has 76 heavy (non-hydrogen) atoms. The Bertz CT molecular complexity index is 3280. The highest BCUT2D eigenvalue weighted by molar-refractivity contribution is 5.97. The zero-order valence-electron chi connectivity index (χ0n) is 42.7. The van der Waals surface area contributed by atoms with E-state index < -0.39 is 23.9 Å². The highest BCUT2D eigenvalue weighted by Crippen LogP contribution is 2.34. The van der Waals surface area contributed by atoms with E-state index in [1.165, 1.54) is 0 Å². The number of carbonyl (C=O) groups excluding carboxylic acids is 4. The predicted octanol–water partition coefficient (Wildman–Crippen LogP) is 14.9. The molecule has 0 radical (unpaired) electrons. The van der Waals surface area contributed by atoms with E-state index in [2.05, 4.69) is 6.92 Å². The topological polar surface area (TPSA) is 118 Å². The lowest BCUT2D eigenvalue weighted by atomic mass is 9.89. The van der Waals surface area contributed by atoms with E-state index in [0.29, 0.717) is 48.1 Å². The van der Waals surface area contributed by atoms with Gasteiger partial charge >= 0.3 is 23.9 Å². The number of carbonyl (C=O) groups is 4. The third-order valence-corrected chi connectivity index (χ3v) is 12.9. The van der Waals surface area contributed by atoms with Gasteiger partial charge in [0, 0.05) is 0 Å². The van der Waals surface area contributed by atoms with Crippen LogP contribution in [0.25, 0.3) is 22.3 Å². The van der Waals surface area contributed by atoms with Crippen LogP contribution in [-0.4, -0.2) is 36.6 Å². The Morgan fingerprint density at radius 1 is 0.355 bits per heavy atom. The van der Waals surface area contributed by atoms with E-state index >= 15 is 0 Å². The Hall–Kier alpha value is -9.21. The summed E-state index contributed by atoms with van der Waals surface area (Å²) in [5, 5.41) is 0. The monoisotopic (exact) mass is 1010 g/mol. The number of aliphatic imine (C=N–C) groups is 1. The van der Waals surface area contributed by atoms with Gasteiger partial charge in [0.1, 0.15) is 26.4 Å². The first-order valence-corrected chi connectivity index (χ1v) is 25.4. The van der Waals surface area contributed by atoms with Crippen LogP contribution in [0.15, 0.2) is 223 Å². The number of hydrogen-bond donors (Lipinski definition) is 0. The molecule has 0 aliphatic rings. The van der Waals surface area contributed by atoms with Crippen LogP contribution >= 0.6 is 0 Å². The van der Waals surface area contributed by atoms with E-state index in [0.717, 1.165) is 66.8 Å². The molecule has 0 fully saturated rings. The number of hydrogen-bond acceptors (Lipinski definition) is 9. The number of allylic oxidation sites excluding steroid dienone is 3. The molecule has 8 rings (SSSR count). The van der Waals surface area contributed by atoms with Crippen molar-refractivity contribution in [2.24, 2.45) is 4.99 Å². The standard InChI is InChI=1S/C67H59NO8/c1-3-61(54-28-36-58(37-29-54)65(70)74-45-50-19-10-5-11-20-50)62(55-30-38-59(39-31-55)66(71)75-46-51-21-12-6-13-22-51)25-16-42-68-43-63(56-32-40-60(41-33-56)67(72)76-47-52-23-14-7-15-24-52)48(2)53-26-34-57(35-27-53)64(69)73-44-49-17-8-4-9-18-49/h4-15,17-24,26-42H,3,16,25,43-47H2,1-2H3/b62-61-,63-48-,68-42?. The number of rotatable bonds is 22. The molecule has 0 N–H and O–H groups in total. The molecule has 380 valence electrons. The molecule has 0 saturated heterocycles. The minimum Gasteiger partial charge on any atom is -0.457 e. The van der Waals surface area contributed by atoms with Crippen LogP contribution in [-0.2, 0) is 45.4 Å². The van der Waals surface area contributed by atoms with Gasteiger partial charge in [-0.05, 0) is 148 Å². The highest BCUT2D eigenvalue weighted by Gasteiger charge is 2.17. The molecule has 0 atom stereocenters. The van der Waals surface area contributed by atoms with Gasteiger partial charge in [0.05, 0.1) is 28.8 Å². The SMILES string of the molecule is CC/C(=C(\CCC=NC/C(=C(\C)c1ccc(C(=O)OCc2ccccc2)cc1)c1ccc(C(=O)OCc2ccccc2)cc1)c1ccc(C(=O)OCc2ccccc2)cc1)c1ccc(C(=O)OCc2ccccc2)cc1. The summed E-state index contributed by atoms with van der Waals surface area (Å²) < 4.78 is 22.5. The minimum absolute atomic E-state index is 0.167. The molecular weight excluding hydrogens is 947 g/mol. The van der Waals surface area contributed by atoms with Gasteiger partial charge in [-0.1, -0.05) is 177 Å². The summed E-state index contributed by atoms with van der Waals surface area (Å²) in [7, 11) is 0. The van der Waals surface area contributed by atoms with Crippen LogP contribution in [0.2, 0.25) is 0 Å². The highest BCUT2D eigenvalue weighted by atomic mass is 16.5. The minimum atomic E-state index is -0.421. The second-order valence-electron chi connectivity index (χ2n) is 18.0. The maximum absolute atomic E-state index is 13.2. The number of benzene rings is 8. The Morgan fingerprint density at radius 2 is 0.632 bits per heavy atom. The van der Waals surface area contributed by atoms with Crippen molar-refractivity contribution in [3.8, 4) is 0 Å². The number of nitrogens with zero attached hydrogens (tertiary/aromatic N) is 1. The van der Waals surface area contributed by atoms with Crippen molar-refractivity contribution in [2.45, 2.75) is 59.5 Å². The summed E-state index contributed by atoms with van der Waals surface area (Å²) in [6.45, 7) is 5.15. The van der Waals surface area contributed by atoms with E-state index in [4.69, 9.17) is 23.9 Å². The lowest BCUT2D eigenvalue weighted by Gasteiger charge is -2.16. The van der Waals surface area contributed by atoms with Gasteiger partial charge in [-0.15, -0.1) is 0 Å². The van der Waals surface area contributed by atoms with E-state index in [-0.39, 0.29) is 26.4 Å². The summed E-state index contributed by atoms with van der Waals surface area (Å²) in [4.78, 5) is 57.4. The molecule has 9 nitrogen and oxygen atoms in total. The van der Waals surface area contributed by atoms with Crippen molar-refractivity contribution in [2.75, 3.05) is 6.54 Å². The fourth-order valence-corrected chi connectivity index (χ4v) is 8.62. The molecule has 9 heteroatoms. The third kappa shape index (κ3) is 15.0. The molecule has 0 unspecified atom stereocenters. The van der Waals surface area contributed by atoms with Gasteiger partial charge in [0.25, 0.3) is 0 Å². The van der Waals surface area contributed by atoms with Crippen molar-refractivity contribution in [3.63, 3.8) is 0 Å². The average molecular weight is 1010 g/mol. The van der Waals surface area contributed by atoms with Gasteiger partial charge in [0.15, 0.2) is 0 Å². The first-order valence-electron chi connectivity index (χ1n) is 25.4. The normalized spacial score (nSPS) is 11.8. The second kappa shape index (κ2) is 27.2. The van der Waals surface area contributed by atoms with Crippen LogP contribution in [0.4, 0.5) is 0 Å². The van der Waals surface area contributed by atoms with Crippen molar-refractivity contribution >= 4 is 52.4 Å². The Kier molecular flexibility index (Phi) is 19.0. The summed E-state index contributed by atoms with van der Waals surface area (Å²) in [5.41, 5.74) is 13.1. The summed E-state index contributed by atoms with van der Waals surface area (Å²) in [6.07, 6.45) is 3.83. The largest absolute Gasteiger partial charge is 0.457 e. The van der Waals surface area contributed by atoms with E-state index in [1.54, 1.807) is 48.5 Å². The molecular formula is C67H59NO8. The van der Waals surface area contributed by atoms with Gasteiger partial charge in [-0.25, -0.2) is 19.2 Å². The van der Waals surface area contributed by atoms with Crippen LogP contribution < -0.4 is 0 Å². The second-order valence-corrected chi connectivity index (χ2v) is 18.0. The summed E-state index contributed by atoms with van der Waals surface area (Å²) in [6, 6.07) is 68.0. The molecule has 0 aromatic heterocycles. The van der Waals surface area contributed by atoms with Gasteiger partial charge in [-0.3, -0.25) is 4.99 Å². The van der Waals surface area contributed by atoms with Crippen molar-refractivity contribution in [1.29, 1.82) is 0 Å². The third-order valence-electron chi connectivity index (χ3n) is 12.9. The molecule has 0 amide bonds. The Labute approximate surface area is 444 Å². The zero-order valence-corrected chi connectivity index (χ0v) is 42.7. The number of ether oxygens (including phenoxy) is 4. The van der Waals surface area contributed by atoms with Crippen LogP contribution in [0.1, 0.15) is 119 Å². The molecule has 0 saturated carbocycles. The first-order chi connectivity index (χ1) is 37.2. The molecule has 8 aromatic carbocycles. The van der Waals surface area contributed by atoms with Gasteiger partial charge in [0.2, 0.25) is 0 Å².